The summed E-state index contributed by atoms with van der Waals surface area (Å²) >= 11 is 0. The van der Waals surface area contributed by atoms with Crippen molar-refractivity contribution in [2.75, 3.05) is 11.9 Å². The zero-order valence-corrected chi connectivity index (χ0v) is 17.4. The van der Waals surface area contributed by atoms with Gasteiger partial charge in [0.2, 0.25) is 0 Å². The molecule has 0 radical (unpaired) electrons. The highest BCUT2D eigenvalue weighted by Gasteiger charge is 2.20. The Morgan fingerprint density at radius 1 is 1.19 bits per heavy atom. The first kappa shape index (κ1) is 22.8. The molecule has 0 aliphatic carbocycles. The largest absolute Gasteiger partial charge is 0.490 e. The molecule has 0 atom stereocenters. The number of rotatable bonds is 10. The molecule has 0 aliphatic heterocycles. The van der Waals surface area contributed by atoms with Crippen molar-refractivity contribution in [1.82, 2.24) is 15.1 Å². The molecule has 0 saturated carbocycles. The fourth-order valence-electron chi connectivity index (χ4n) is 2.81. The van der Waals surface area contributed by atoms with Gasteiger partial charge in [-0.15, -0.1) is 0 Å². The molecule has 1 aromatic carbocycles. The van der Waals surface area contributed by atoms with Crippen molar-refractivity contribution in [2.24, 2.45) is 0 Å². The third-order valence-corrected chi connectivity index (χ3v) is 4.27. The van der Waals surface area contributed by atoms with E-state index in [0.717, 1.165) is 0 Å². The Labute approximate surface area is 182 Å². The van der Waals surface area contributed by atoms with E-state index in [1.165, 1.54) is 35.3 Å². The number of aryl methyl sites for hydroxylation is 1. The molecule has 2 amide bonds. The maximum Gasteiger partial charge on any atom is 0.387 e. The Hall–Kier alpha value is -3.89. The van der Waals surface area contributed by atoms with Crippen LogP contribution in [0.3, 0.4) is 0 Å². The Morgan fingerprint density at radius 2 is 2.00 bits per heavy atom. The van der Waals surface area contributed by atoms with E-state index in [2.05, 4.69) is 20.5 Å². The van der Waals surface area contributed by atoms with E-state index >= 15 is 0 Å². The normalized spacial score (nSPS) is 10.8. The molecule has 11 heteroatoms. The van der Waals surface area contributed by atoms with Crippen LogP contribution in [0.15, 0.2) is 47.2 Å². The minimum Gasteiger partial charge on any atom is -0.490 e. The number of alkyl halides is 2. The number of carbonyl (C=O) groups is 2. The van der Waals surface area contributed by atoms with E-state index in [1.807, 2.05) is 6.92 Å². The number of hydrogen-bond acceptors (Lipinski definition) is 6. The lowest BCUT2D eigenvalue weighted by atomic mass is 10.2. The molecule has 2 aromatic heterocycles. The number of nitrogens with zero attached hydrogens (tertiary/aromatic N) is 2. The van der Waals surface area contributed by atoms with Crippen molar-refractivity contribution in [1.29, 1.82) is 0 Å². The van der Waals surface area contributed by atoms with Crippen LogP contribution in [0.25, 0.3) is 0 Å². The van der Waals surface area contributed by atoms with Gasteiger partial charge in [0, 0.05) is 18.3 Å². The molecule has 2 N–H and O–H groups in total. The van der Waals surface area contributed by atoms with Crippen molar-refractivity contribution in [3.05, 3.63) is 59.8 Å². The van der Waals surface area contributed by atoms with E-state index in [0.29, 0.717) is 12.3 Å². The van der Waals surface area contributed by atoms with Gasteiger partial charge in [0.1, 0.15) is 5.76 Å². The zero-order chi connectivity index (χ0) is 23.1. The molecule has 0 unspecified atom stereocenters. The number of nitrogens with one attached hydrogen (secondary N) is 2. The van der Waals surface area contributed by atoms with Crippen LogP contribution in [-0.2, 0) is 13.1 Å². The molecular formula is C21H22F2N4O5. The molecule has 2 heterocycles. The van der Waals surface area contributed by atoms with Crippen molar-refractivity contribution >= 4 is 17.5 Å². The summed E-state index contributed by atoms with van der Waals surface area (Å²) in [5, 5.41) is 9.51. The molecule has 3 aromatic rings. The Bertz CT molecular complexity index is 1070. The van der Waals surface area contributed by atoms with Crippen molar-refractivity contribution in [3.63, 3.8) is 0 Å². The highest BCUT2D eigenvalue weighted by Crippen LogP contribution is 2.30. The van der Waals surface area contributed by atoms with Gasteiger partial charge >= 0.3 is 6.61 Å². The number of aromatic nitrogens is 2. The van der Waals surface area contributed by atoms with Crippen molar-refractivity contribution in [2.45, 2.75) is 33.5 Å². The van der Waals surface area contributed by atoms with Gasteiger partial charge in [-0.25, -0.2) is 0 Å². The second-order valence-electron chi connectivity index (χ2n) is 6.44. The number of hydrogen-bond donors (Lipinski definition) is 2. The zero-order valence-electron chi connectivity index (χ0n) is 17.4. The molecule has 0 fully saturated rings. The minimum atomic E-state index is -3.03. The summed E-state index contributed by atoms with van der Waals surface area (Å²) in [4.78, 5) is 25.4. The lowest BCUT2D eigenvalue weighted by molar-refractivity contribution is -0.0514. The SMILES string of the molecule is CCOc1cc(C(=O)Nc2cn(CC)nc2C(=O)NCc2ccco2)ccc1OC(F)F. The molecule has 0 spiro atoms. The van der Waals surface area contributed by atoms with Gasteiger partial charge in [-0.1, -0.05) is 0 Å². The first-order valence-corrected chi connectivity index (χ1v) is 9.82. The number of ether oxygens (including phenoxy) is 2. The average molecular weight is 448 g/mol. The Morgan fingerprint density at radius 3 is 2.66 bits per heavy atom. The number of halogens is 2. The van der Waals surface area contributed by atoms with Crippen molar-refractivity contribution < 1.29 is 32.3 Å². The van der Waals surface area contributed by atoms with E-state index in [-0.39, 0.29) is 41.6 Å². The predicted octanol–water partition coefficient (Wildman–Crippen LogP) is 3.68. The number of furan rings is 1. The summed E-state index contributed by atoms with van der Waals surface area (Å²) in [5.74, 6) is -0.699. The Kier molecular flexibility index (Phi) is 7.42. The van der Waals surface area contributed by atoms with Crippen LogP contribution < -0.4 is 20.1 Å². The molecule has 0 bridgehead atoms. The maximum absolute atomic E-state index is 12.8. The van der Waals surface area contributed by atoms with E-state index in [9.17, 15) is 18.4 Å². The van der Waals surface area contributed by atoms with E-state index in [1.54, 1.807) is 19.1 Å². The van der Waals surface area contributed by atoms with Gasteiger partial charge in [0.15, 0.2) is 17.2 Å². The summed E-state index contributed by atoms with van der Waals surface area (Å²) in [6.07, 6.45) is 3.02. The van der Waals surface area contributed by atoms with E-state index in [4.69, 9.17) is 9.15 Å². The number of anilines is 1. The monoisotopic (exact) mass is 448 g/mol. The second kappa shape index (κ2) is 10.4. The summed E-state index contributed by atoms with van der Waals surface area (Å²) < 4.78 is 41.6. The Balaban J connectivity index is 1.78. The van der Waals surface area contributed by atoms with Crippen LogP contribution in [-0.4, -0.2) is 34.8 Å². The first-order chi connectivity index (χ1) is 15.4. The number of amides is 2. The molecule has 9 nitrogen and oxygen atoms in total. The lowest BCUT2D eigenvalue weighted by Crippen LogP contribution is -2.25. The van der Waals surface area contributed by atoms with Crippen LogP contribution >= 0.6 is 0 Å². The number of benzene rings is 1. The minimum absolute atomic E-state index is 0.00103. The molecule has 0 aliphatic rings. The second-order valence-corrected chi connectivity index (χ2v) is 6.44. The molecular weight excluding hydrogens is 426 g/mol. The fourth-order valence-corrected chi connectivity index (χ4v) is 2.81. The lowest BCUT2D eigenvalue weighted by Gasteiger charge is -2.12. The summed E-state index contributed by atoms with van der Waals surface area (Å²) in [5.41, 5.74) is 0.343. The highest BCUT2D eigenvalue weighted by molar-refractivity contribution is 6.08. The van der Waals surface area contributed by atoms with Crippen LogP contribution in [0.1, 0.15) is 40.5 Å². The highest BCUT2D eigenvalue weighted by atomic mass is 19.3. The van der Waals surface area contributed by atoms with Crippen LogP contribution in [0.4, 0.5) is 14.5 Å². The summed E-state index contributed by atoms with van der Waals surface area (Å²) in [6.45, 7) is 1.29. The van der Waals surface area contributed by atoms with Gasteiger partial charge in [0.05, 0.1) is 25.1 Å². The van der Waals surface area contributed by atoms with Crippen LogP contribution in [0.5, 0.6) is 11.5 Å². The molecule has 3 rings (SSSR count). The smallest absolute Gasteiger partial charge is 0.387 e. The van der Waals surface area contributed by atoms with Crippen molar-refractivity contribution in [3.8, 4) is 11.5 Å². The van der Waals surface area contributed by atoms with Gasteiger partial charge in [-0.05, 0) is 44.2 Å². The van der Waals surface area contributed by atoms with Crippen LogP contribution in [0.2, 0.25) is 0 Å². The summed E-state index contributed by atoms with van der Waals surface area (Å²) in [7, 11) is 0. The van der Waals surface area contributed by atoms with Gasteiger partial charge in [0.25, 0.3) is 11.8 Å². The summed E-state index contributed by atoms with van der Waals surface area (Å²) in [6, 6.07) is 7.24. The molecule has 32 heavy (non-hydrogen) atoms. The number of carbonyl (C=O) groups excluding carboxylic acids is 2. The standard InChI is InChI=1S/C21H22F2N4O5/c1-3-27-12-15(18(26-27)20(29)24-11-14-6-5-9-31-14)25-19(28)13-7-8-16(32-21(22)23)17(10-13)30-4-2/h5-10,12,21H,3-4,11H2,1-2H3,(H,24,29)(H,25,28). The fraction of sp³-hybridized carbons (Fsp3) is 0.286. The maximum atomic E-state index is 12.8. The first-order valence-electron chi connectivity index (χ1n) is 9.82. The third kappa shape index (κ3) is 5.62. The third-order valence-electron chi connectivity index (χ3n) is 4.27. The molecule has 0 saturated heterocycles. The topological polar surface area (TPSA) is 108 Å². The van der Waals surface area contributed by atoms with Gasteiger partial charge in [-0.2, -0.15) is 13.9 Å². The predicted molar refractivity (Wildman–Crippen MR) is 110 cm³/mol. The molecule has 170 valence electrons. The van der Waals surface area contributed by atoms with Crippen LogP contribution in [0, 0.1) is 0 Å². The van der Waals surface area contributed by atoms with Gasteiger partial charge in [-0.3, -0.25) is 14.3 Å². The van der Waals surface area contributed by atoms with Gasteiger partial charge < -0.3 is 24.5 Å². The quantitative estimate of drug-likeness (QED) is 0.490. The average Bonchev–Trinajstić information content (AvgIpc) is 3.43. The van der Waals surface area contributed by atoms with E-state index < -0.39 is 18.4 Å².